The standard InChI is InChI=1S/C6H6N4O4.ClH/c7-6(11)9-8-3-4-1-2-5(14-4)10(12)13;/h1-3H,(H3,7,9,11);1H/b8-3+;. The Balaban J connectivity index is 0.00000196. The zero-order valence-corrected chi connectivity index (χ0v) is 8.06. The Morgan fingerprint density at radius 3 is 2.80 bits per heavy atom. The van der Waals surface area contributed by atoms with Gasteiger partial charge < -0.3 is 10.2 Å². The van der Waals surface area contributed by atoms with E-state index >= 15 is 0 Å². The molecule has 15 heavy (non-hydrogen) atoms. The highest BCUT2D eigenvalue weighted by atomic mass is 35.5. The Kier molecular flexibility index (Phi) is 4.82. The van der Waals surface area contributed by atoms with Gasteiger partial charge in [-0.05, 0) is 6.07 Å². The molecule has 1 heterocycles. The van der Waals surface area contributed by atoms with Gasteiger partial charge in [-0.25, -0.2) is 10.2 Å². The SMILES string of the molecule is Cl.NC(=O)N/N=C/c1ccc([N+](=O)[O-])o1. The van der Waals surface area contributed by atoms with Gasteiger partial charge in [-0.2, -0.15) is 5.10 Å². The number of furan rings is 1. The van der Waals surface area contributed by atoms with Crippen molar-refractivity contribution in [2.24, 2.45) is 10.8 Å². The van der Waals surface area contributed by atoms with Gasteiger partial charge in [-0.1, -0.05) is 0 Å². The fraction of sp³-hybridized carbons (Fsp3) is 0. The highest BCUT2D eigenvalue weighted by Gasteiger charge is 2.09. The third-order valence-corrected chi connectivity index (χ3v) is 1.16. The second kappa shape index (κ2) is 5.60. The minimum atomic E-state index is -0.831. The van der Waals surface area contributed by atoms with Crippen LogP contribution in [0.3, 0.4) is 0 Å². The molecule has 0 aliphatic rings. The predicted octanol–water partition coefficient (Wildman–Crippen LogP) is 0.612. The molecule has 2 amide bonds. The van der Waals surface area contributed by atoms with Crippen molar-refractivity contribution in [3.63, 3.8) is 0 Å². The first-order chi connectivity index (χ1) is 6.59. The van der Waals surface area contributed by atoms with E-state index in [9.17, 15) is 14.9 Å². The number of primary amides is 1. The van der Waals surface area contributed by atoms with Gasteiger partial charge in [-0.15, -0.1) is 12.4 Å². The first kappa shape index (κ1) is 12.9. The minimum absolute atomic E-state index is 0. The number of rotatable bonds is 3. The molecule has 0 spiro atoms. The number of nitrogens with zero attached hydrogens (tertiary/aromatic N) is 2. The van der Waals surface area contributed by atoms with Crippen LogP contribution in [0.4, 0.5) is 10.7 Å². The molecule has 0 saturated heterocycles. The maximum atomic E-state index is 10.2. The summed E-state index contributed by atoms with van der Waals surface area (Å²) in [5, 5.41) is 13.5. The van der Waals surface area contributed by atoms with Crippen LogP contribution >= 0.6 is 12.4 Å². The average molecular weight is 235 g/mol. The predicted molar refractivity (Wildman–Crippen MR) is 52.9 cm³/mol. The highest BCUT2D eigenvalue weighted by molar-refractivity contribution is 5.85. The second-order valence-electron chi connectivity index (χ2n) is 2.17. The molecule has 0 saturated carbocycles. The lowest BCUT2D eigenvalue weighted by Crippen LogP contribution is -2.24. The van der Waals surface area contributed by atoms with Crippen LogP contribution in [0.2, 0.25) is 0 Å². The Bertz CT molecular complexity index is 388. The molecule has 3 N–H and O–H groups in total. The molecule has 1 aromatic rings. The van der Waals surface area contributed by atoms with Gasteiger partial charge in [0.1, 0.15) is 4.92 Å². The summed E-state index contributed by atoms with van der Waals surface area (Å²) in [7, 11) is 0. The third kappa shape index (κ3) is 4.09. The Hall–Kier alpha value is -2.09. The molecule has 0 aromatic carbocycles. The third-order valence-electron chi connectivity index (χ3n) is 1.16. The van der Waals surface area contributed by atoms with Gasteiger partial charge in [0.05, 0.1) is 12.3 Å². The number of nitrogens with two attached hydrogens (primary N) is 1. The summed E-state index contributed by atoms with van der Waals surface area (Å²) < 4.78 is 4.69. The highest BCUT2D eigenvalue weighted by Crippen LogP contribution is 2.13. The van der Waals surface area contributed by atoms with E-state index in [1.807, 2.05) is 5.43 Å². The first-order valence-corrected chi connectivity index (χ1v) is 3.42. The van der Waals surface area contributed by atoms with E-state index in [0.29, 0.717) is 0 Å². The Morgan fingerprint density at radius 1 is 1.67 bits per heavy atom. The molecule has 0 fully saturated rings. The number of hydrazone groups is 1. The molecule has 9 heteroatoms. The van der Waals surface area contributed by atoms with Crippen molar-refractivity contribution in [3.8, 4) is 0 Å². The summed E-state index contributed by atoms with van der Waals surface area (Å²) in [5.41, 5.74) is 6.62. The van der Waals surface area contributed by atoms with Gasteiger partial charge >= 0.3 is 11.9 Å². The number of hydrogen-bond acceptors (Lipinski definition) is 5. The maximum absolute atomic E-state index is 10.2. The second-order valence-corrected chi connectivity index (χ2v) is 2.17. The van der Waals surface area contributed by atoms with Crippen molar-refractivity contribution in [2.45, 2.75) is 0 Å². The van der Waals surface area contributed by atoms with Crippen molar-refractivity contribution in [2.75, 3.05) is 0 Å². The van der Waals surface area contributed by atoms with E-state index < -0.39 is 16.8 Å². The molecule has 0 bridgehead atoms. The summed E-state index contributed by atoms with van der Waals surface area (Å²) in [4.78, 5) is 19.7. The number of carbonyl (C=O) groups is 1. The van der Waals surface area contributed by atoms with E-state index in [2.05, 4.69) is 9.52 Å². The number of carbonyl (C=O) groups excluding carboxylic acids is 1. The van der Waals surface area contributed by atoms with Gasteiger partial charge in [-0.3, -0.25) is 10.1 Å². The van der Waals surface area contributed by atoms with Crippen molar-refractivity contribution in [1.29, 1.82) is 0 Å². The zero-order valence-electron chi connectivity index (χ0n) is 7.25. The summed E-state index contributed by atoms with van der Waals surface area (Å²) in [6.07, 6.45) is 1.10. The molecule has 0 radical (unpaired) electrons. The fourth-order valence-corrected chi connectivity index (χ4v) is 0.669. The molecule has 0 unspecified atom stereocenters. The lowest BCUT2D eigenvalue weighted by molar-refractivity contribution is -0.402. The van der Waals surface area contributed by atoms with Gasteiger partial charge in [0, 0.05) is 0 Å². The van der Waals surface area contributed by atoms with Crippen LogP contribution in [0.1, 0.15) is 5.76 Å². The number of amides is 2. The van der Waals surface area contributed by atoms with E-state index in [1.165, 1.54) is 12.1 Å². The van der Waals surface area contributed by atoms with Crippen molar-refractivity contribution >= 4 is 30.5 Å². The fourth-order valence-electron chi connectivity index (χ4n) is 0.669. The smallest absolute Gasteiger partial charge is 0.400 e. The first-order valence-electron chi connectivity index (χ1n) is 3.42. The molecule has 8 nitrogen and oxygen atoms in total. The molecule has 1 rings (SSSR count). The van der Waals surface area contributed by atoms with Crippen molar-refractivity contribution in [1.82, 2.24) is 5.43 Å². The van der Waals surface area contributed by atoms with Gasteiger partial charge in [0.25, 0.3) is 0 Å². The average Bonchev–Trinajstić information content (AvgIpc) is 2.52. The van der Waals surface area contributed by atoms with Crippen LogP contribution in [0.15, 0.2) is 21.7 Å². The lowest BCUT2D eigenvalue weighted by Gasteiger charge is -1.88. The van der Waals surface area contributed by atoms with E-state index in [0.717, 1.165) is 6.21 Å². The molecule has 0 atom stereocenters. The van der Waals surface area contributed by atoms with Crippen LogP contribution < -0.4 is 11.2 Å². The van der Waals surface area contributed by atoms with Crippen molar-refractivity contribution < 1.29 is 14.1 Å². The molecule has 1 aromatic heterocycles. The molecule has 0 aliphatic heterocycles. The number of halogens is 1. The number of nitro groups is 1. The van der Waals surface area contributed by atoms with Gasteiger partial charge in [0.15, 0.2) is 5.76 Å². The normalized spacial score (nSPS) is 9.60. The molecule has 82 valence electrons. The van der Waals surface area contributed by atoms with Crippen molar-refractivity contribution in [3.05, 3.63) is 28.0 Å². The summed E-state index contributed by atoms with van der Waals surface area (Å²) in [6, 6.07) is 1.68. The van der Waals surface area contributed by atoms with Crippen LogP contribution in [0.5, 0.6) is 0 Å². The van der Waals surface area contributed by atoms with Crippen LogP contribution in [0.25, 0.3) is 0 Å². The van der Waals surface area contributed by atoms with Crippen LogP contribution in [0, 0.1) is 10.1 Å². The number of nitrogens with one attached hydrogen (secondary N) is 1. The van der Waals surface area contributed by atoms with Crippen LogP contribution in [-0.2, 0) is 0 Å². The van der Waals surface area contributed by atoms with Crippen LogP contribution in [-0.4, -0.2) is 17.2 Å². The largest absolute Gasteiger partial charge is 0.433 e. The minimum Gasteiger partial charge on any atom is -0.400 e. The molecule has 0 aliphatic carbocycles. The Morgan fingerprint density at radius 2 is 2.33 bits per heavy atom. The summed E-state index contributed by atoms with van der Waals surface area (Å²) >= 11 is 0. The monoisotopic (exact) mass is 234 g/mol. The zero-order chi connectivity index (χ0) is 10.6. The summed E-state index contributed by atoms with van der Waals surface area (Å²) in [6.45, 7) is 0. The van der Waals surface area contributed by atoms with Gasteiger partial charge in [0.2, 0.25) is 0 Å². The quantitative estimate of drug-likeness (QED) is 0.452. The lowest BCUT2D eigenvalue weighted by atomic mass is 10.5. The van der Waals surface area contributed by atoms with E-state index in [4.69, 9.17) is 5.73 Å². The topological polar surface area (TPSA) is 124 Å². The molecular weight excluding hydrogens is 228 g/mol. The van der Waals surface area contributed by atoms with E-state index in [1.54, 1.807) is 0 Å². The summed E-state index contributed by atoms with van der Waals surface area (Å²) in [5.74, 6) is -0.254. The molecular formula is C6H7ClN4O4. The Labute approximate surface area is 89.7 Å². The maximum Gasteiger partial charge on any atom is 0.433 e. The van der Waals surface area contributed by atoms with E-state index in [-0.39, 0.29) is 18.2 Å². The number of urea groups is 1. The number of hydrogen-bond donors (Lipinski definition) is 2.